The molecule has 1 aromatic heterocycles. The zero-order chi connectivity index (χ0) is 20.5. The van der Waals surface area contributed by atoms with E-state index in [9.17, 15) is 9.59 Å². The van der Waals surface area contributed by atoms with E-state index in [-0.39, 0.29) is 41.8 Å². The highest BCUT2D eigenvalue weighted by Crippen LogP contribution is 2.26. The van der Waals surface area contributed by atoms with Gasteiger partial charge < -0.3 is 20.9 Å². The molecule has 1 aromatic rings. The summed E-state index contributed by atoms with van der Waals surface area (Å²) in [5.41, 5.74) is 0. The molecular formula is C21H34IN5O2S. The lowest BCUT2D eigenvalue weighted by Crippen LogP contribution is -2.46. The van der Waals surface area contributed by atoms with Gasteiger partial charge in [0.2, 0.25) is 5.91 Å². The summed E-state index contributed by atoms with van der Waals surface area (Å²) >= 11 is 1.45. The lowest BCUT2D eigenvalue weighted by Gasteiger charge is -2.26. The predicted octanol–water partition coefficient (Wildman–Crippen LogP) is 2.83. The molecule has 0 spiro atoms. The minimum absolute atomic E-state index is 0. The molecule has 1 unspecified atom stereocenters. The first-order chi connectivity index (χ1) is 14.2. The van der Waals surface area contributed by atoms with Crippen LogP contribution in [0.2, 0.25) is 0 Å². The number of halogens is 1. The van der Waals surface area contributed by atoms with Crippen molar-refractivity contribution in [2.75, 3.05) is 33.2 Å². The molecule has 1 atom stereocenters. The van der Waals surface area contributed by atoms with Gasteiger partial charge in [0.05, 0.1) is 4.88 Å². The predicted molar refractivity (Wildman–Crippen MR) is 133 cm³/mol. The van der Waals surface area contributed by atoms with E-state index in [4.69, 9.17) is 0 Å². The summed E-state index contributed by atoms with van der Waals surface area (Å²) in [5.74, 6) is 1.32. The smallest absolute Gasteiger partial charge is 0.261 e. The summed E-state index contributed by atoms with van der Waals surface area (Å²) in [6.45, 7) is 2.93. The highest BCUT2D eigenvalue weighted by Gasteiger charge is 2.31. The molecule has 1 aliphatic heterocycles. The molecule has 30 heavy (non-hydrogen) atoms. The van der Waals surface area contributed by atoms with Gasteiger partial charge in [-0.2, -0.15) is 0 Å². The van der Waals surface area contributed by atoms with Gasteiger partial charge in [0.25, 0.3) is 5.91 Å². The molecular weight excluding hydrogens is 513 g/mol. The highest BCUT2D eigenvalue weighted by molar-refractivity contribution is 14.0. The Kier molecular flexibility index (Phi) is 10.9. The topological polar surface area (TPSA) is 85.8 Å². The van der Waals surface area contributed by atoms with E-state index < -0.39 is 0 Å². The second kappa shape index (κ2) is 13.1. The van der Waals surface area contributed by atoms with Crippen LogP contribution in [0.15, 0.2) is 22.5 Å². The summed E-state index contributed by atoms with van der Waals surface area (Å²) in [6, 6.07) is 3.95. The third kappa shape index (κ3) is 7.40. The number of carbonyl (C=O) groups is 2. The van der Waals surface area contributed by atoms with Gasteiger partial charge in [-0.25, -0.2) is 0 Å². The zero-order valence-corrected chi connectivity index (χ0v) is 20.8. The summed E-state index contributed by atoms with van der Waals surface area (Å²) in [4.78, 5) is 31.7. The molecule has 3 N–H and O–H groups in total. The minimum atomic E-state index is -0.0174. The number of guanidine groups is 1. The molecule has 2 aliphatic rings. The fourth-order valence-corrected chi connectivity index (χ4v) is 4.71. The number of aliphatic imine (C=N–C) groups is 1. The molecule has 0 radical (unpaired) electrons. The van der Waals surface area contributed by atoms with Gasteiger partial charge in [-0.05, 0) is 37.1 Å². The van der Waals surface area contributed by atoms with Crippen LogP contribution in [0, 0.1) is 5.92 Å². The molecule has 3 rings (SSSR count). The highest BCUT2D eigenvalue weighted by atomic mass is 127. The maximum Gasteiger partial charge on any atom is 0.261 e. The van der Waals surface area contributed by atoms with Gasteiger partial charge >= 0.3 is 0 Å². The van der Waals surface area contributed by atoms with Crippen LogP contribution in [0.4, 0.5) is 0 Å². The fraction of sp³-hybridized carbons (Fsp3) is 0.667. The van der Waals surface area contributed by atoms with Crippen LogP contribution in [0.1, 0.15) is 54.6 Å². The van der Waals surface area contributed by atoms with Crippen molar-refractivity contribution in [3.63, 3.8) is 0 Å². The summed E-state index contributed by atoms with van der Waals surface area (Å²) < 4.78 is 0. The maximum absolute atomic E-state index is 12.7. The molecule has 1 saturated carbocycles. The molecule has 2 amide bonds. The fourth-order valence-electron chi connectivity index (χ4n) is 4.07. The number of nitrogens with one attached hydrogen (secondary N) is 3. The first-order valence-corrected chi connectivity index (χ1v) is 11.6. The van der Waals surface area contributed by atoms with Crippen LogP contribution in [-0.4, -0.2) is 61.9 Å². The van der Waals surface area contributed by atoms with E-state index in [1.807, 2.05) is 22.4 Å². The van der Waals surface area contributed by atoms with Gasteiger partial charge in [0, 0.05) is 45.2 Å². The first kappa shape index (κ1) is 24.9. The van der Waals surface area contributed by atoms with Crippen molar-refractivity contribution in [2.24, 2.45) is 10.9 Å². The Morgan fingerprint density at radius 2 is 1.93 bits per heavy atom. The van der Waals surface area contributed by atoms with Crippen LogP contribution >= 0.6 is 35.3 Å². The molecule has 1 saturated heterocycles. The van der Waals surface area contributed by atoms with E-state index in [1.165, 1.54) is 30.6 Å². The van der Waals surface area contributed by atoms with Crippen LogP contribution in [0.5, 0.6) is 0 Å². The van der Waals surface area contributed by atoms with Crippen molar-refractivity contribution in [1.82, 2.24) is 20.9 Å². The van der Waals surface area contributed by atoms with E-state index in [1.54, 1.807) is 7.05 Å². The number of rotatable bonds is 7. The van der Waals surface area contributed by atoms with Gasteiger partial charge in [0.15, 0.2) is 5.96 Å². The SMILES string of the molecule is CN=C(NCCCNC(=O)c1cccs1)NC1CCN(C(=O)C2CCCCC2)C1.I. The molecule has 9 heteroatoms. The van der Waals surface area contributed by atoms with Gasteiger partial charge in [-0.15, -0.1) is 35.3 Å². The van der Waals surface area contributed by atoms with Crippen LogP contribution < -0.4 is 16.0 Å². The number of nitrogens with zero attached hydrogens (tertiary/aromatic N) is 2. The van der Waals surface area contributed by atoms with E-state index in [2.05, 4.69) is 20.9 Å². The Labute approximate surface area is 200 Å². The average Bonchev–Trinajstić information content (AvgIpc) is 3.45. The van der Waals surface area contributed by atoms with Crippen molar-refractivity contribution < 1.29 is 9.59 Å². The lowest BCUT2D eigenvalue weighted by molar-refractivity contribution is -0.135. The van der Waals surface area contributed by atoms with Crippen molar-refractivity contribution >= 4 is 53.1 Å². The van der Waals surface area contributed by atoms with Gasteiger partial charge in [-0.1, -0.05) is 25.3 Å². The molecule has 0 aromatic carbocycles. The molecule has 1 aliphatic carbocycles. The molecule has 2 fully saturated rings. The van der Waals surface area contributed by atoms with Crippen LogP contribution in [0.3, 0.4) is 0 Å². The molecule has 0 bridgehead atoms. The van der Waals surface area contributed by atoms with Gasteiger partial charge in [-0.3, -0.25) is 14.6 Å². The number of hydrogen-bond donors (Lipinski definition) is 3. The lowest BCUT2D eigenvalue weighted by atomic mass is 9.88. The van der Waals surface area contributed by atoms with E-state index in [0.29, 0.717) is 12.5 Å². The van der Waals surface area contributed by atoms with Crippen molar-refractivity contribution in [3.8, 4) is 0 Å². The maximum atomic E-state index is 12.7. The second-order valence-electron chi connectivity index (χ2n) is 7.83. The third-order valence-electron chi connectivity index (χ3n) is 5.70. The van der Waals surface area contributed by atoms with Crippen molar-refractivity contribution in [2.45, 2.75) is 51.0 Å². The number of hydrogen-bond acceptors (Lipinski definition) is 4. The zero-order valence-electron chi connectivity index (χ0n) is 17.7. The number of amides is 2. The number of thiophene rings is 1. The summed E-state index contributed by atoms with van der Waals surface area (Å²) in [7, 11) is 1.76. The van der Waals surface area contributed by atoms with Crippen molar-refractivity contribution in [3.05, 3.63) is 22.4 Å². The molecule has 7 nitrogen and oxygen atoms in total. The largest absolute Gasteiger partial charge is 0.356 e. The second-order valence-corrected chi connectivity index (χ2v) is 8.78. The van der Waals surface area contributed by atoms with Gasteiger partial charge in [0.1, 0.15) is 0 Å². The first-order valence-electron chi connectivity index (χ1n) is 10.7. The molecule has 168 valence electrons. The third-order valence-corrected chi connectivity index (χ3v) is 6.56. The number of likely N-dealkylation sites (tertiary alicyclic amines) is 1. The Bertz CT molecular complexity index is 692. The number of carbonyl (C=O) groups excluding carboxylic acids is 2. The van der Waals surface area contributed by atoms with Crippen LogP contribution in [0.25, 0.3) is 0 Å². The quantitative estimate of drug-likeness (QED) is 0.212. The molecule has 2 heterocycles. The van der Waals surface area contributed by atoms with E-state index >= 15 is 0 Å². The minimum Gasteiger partial charge on any atom is -0.356 e. The summed E-state index contributed by atoms with van der Waals surface area (Å²) in [5, 5.41) is 11.6. The Morgan fingerprint density at radius 1 is 1.17 bits per heavy atom. The Balaban J connectivity index is 0.00000320. The normalized spacial score (nSPS) is 19.8. The van der Waals surface area contributed by atoms with Crippen LogP contribution in [-0.2, 0) is 4.79 Å². The average molecular weight is 548 g/mol. The standard InChI is InChI=1S/C21H33N5O2S.HI/c1-22-21(24-12-6-11-23-19(27)18-9-5-14-29-18)25-17-10-13-26(15-17)20(28)16-7-3-2-4-8-16;/h5,9,14,16-17H,2-4,6-8,10-13,15H2,1H3,(H,23,27)(H2,22,24,25);1H. The summed E-state index contributed by atoms with van der Waals surface area (Å²) in [6.07, 6.45) is 7.53. The van der Waals surface area contributed by atoms with E-state index in [0.717, 1.165) is 56.2 Å². The van der Waals surface area contributed by atoms with Crippen molar-refractivity contribution in [1.29, 1.82) is 0 Å². The Morgan fingerprint density at radius 3 is 2.63 bits per heavy atom. The Hall–Kier alpha value is -1.36. The monoisotopic (exact) mass is 547 g/mol.